The summed E-state index contributed by atoms with van der Waals surface area (Å²) in [5, 5.41) is 0. The molecule has 26 heavy (non-hydrogen) atoms. The van der Waals surface area contributed by atoms with E-state index in [1.807, 2.05) is 0 Å². The van der Waals surface area contributed by atoms with E-state index in [-0.39, 0.29) is 37.0 Å². The van der Waals surface area contributed by atoms with Gasteiger partial charge in [-0.15, -0.1) is 0 Å². The molecule has 3 rings (SSSR count). The zero-order valence-corrected chi connectivity index (χ0v) is 15.9. The van der Waals surface area contributed by atoms with Crippen LogP contribution in [0.15, 0.2) is 51.8 Å². The summed E-state index contributed by atoms with van der Waals surface area (Å²) in [6, 6.07) is 8.62. The van der Waals surface area contributed by atoms with E-state index < -0.39 is 21.7 Å². The first-order chi connectivity index (χ1) is 12.3. The molecule has 1 aliphatic rings. The molecule has 0 saturated carbocycles. The van der Waals surface area contributed by atoms with Gasteiger partial charge in [0.25, 0.3) is 5.91 Å². The number of halogens is 3. The lowest BCUT2D eigenvalue weighted by atomic mass is 10.2. The molecule has 1 aliphatic heterocycles. The van der Waals surface area contributed by atoms with Gasteiger partial charge in [0.2, 0.25) is 10.0 Å². The van der Waals surface area contributed by atoms with Crippen LogP contribution in [0.25, 0.3) is 0 Å². The third-order valence-corrected chi connectivity index (χ3v) is 6.67. The monoisotopic (exact) mass is 444 g/mol. The van der Waals surface area contributed by atoms with Gasteiger partial charge in [0, 0.05) is 30.7 Å². The SMILES string of the molecule is O=C(c1ccc(F)cc1Br)N1CCN(S(=O)(=O)c2cccc(F)c2)CC1. The smallest absolute Gasteiger partial charge is 0.255 e. The number of carbonyl (C=O) groups is 1. The largest absolute Gasteiger partial charge is 0.336 e. The van der Waals surface area contributed by atoms with Crippen molar-refractivity contribution in [3.63, 3.8) is 0 Å². The van der Waals surface area contributed by atoms with Crippen molar-refractivity contribution in [3.8, 4) is 0 Å². The van der Waals surface area contributed by atoms with E-state index in [9.17, 15) is 22.0 Å². The van der Waals surface area contributed by atoms with Crippen molar-refractivity contribution in [1.82, 2.24) is 9.21 Å². The van der Waals surface area contributed by atoms with Gasteiger partial charge in [-0.05, 0) is 52.3 Å². The molecular formula is C17H15BrF2N2O3S. The van der Waals surface area contributed by atoms with Gasteiger partial charge in [0.05, 0.1) is 10.5 Å². The molecular weight excluding hydrogens is 430 g/mol. The zero-order chi connectivity index (χ0) is 18.9. The van der Waals surface area contributed by atoms with Gasteiger partial charge in [0.1, 0.15) is 11.6 Å². The highest BCUT2D eigenvalue weighted by Gasteiger charge is 2.31. The van der Waals surface area contributed by atoms with Gasteiger partial charge in [0.15, 0.2) is 0 Å². The van der Waals surface area contributed by atoms with Crippen molar-refractivity contribution in [2.45, 2.75) is 4.90 Å². The maximum absolute atomic E-state index is 13.3. The zero-order valence-electron chi connectivity index (χ0n) is 13.5. The number of sulfonamides is 1. The van der Waals surface area contributed by atoms with E-state index in [4.69, 9.17) is 0 Å². The normalized spacial score (nSPS) is 15.9. The van der Waals surface area contributed by atoms with E-state index in [2.05, 4.69) is 15.9 Å². The summed E-state index contributed by atoms with van der Waals surface area (Å²) in [4.78, 5) is 14.0. The number of nitrogens with zero attached hydrogens (tertiary/aromatic N) is 2. The highest BCUT2D eigenvalue weighted by molar-refractivity contribution is 9.10. The molecule has 9 heteroatoms. The van der Waals surface area contributed by atoms with E-state index in [1.54, 1.807) is 0 Å². The predicted octanol–water partition coefficient (Wildman–Crippen LogP) is 2.87. The van der Waals surface area contributed by atoms with Crippen LogP contribution in [0.2, 0.25) is 0 Å². The minimum atomic E-state index is -3.82. The first-order valence-corrected chi connectivity index (χ1v) is 10.0. The van der Waals surface area contributed by atoms with Crippen molar-refractivity contribution < 1.29 is 22.0 Å². The fourth-order valence-corrected chi connectivity index (χ4v) is 4.72. The van der Waals surface area contributed by atoms with Crippen LogP contribution < -0.4 is 0 Å². The average molecular weight is 445 g/mol. The summed E-state index contributed by atoms with van der Waals surface area (Å²) >= 11 is 3.17. The first-order valence-electron chi connectivity index (χ1n) is 7.79. The van der Waals surface area contributed by atoms with Crippen molar-refractivity contribution in [1.29, 1.82) is 0 Å². The molecule has 0 atom stereocenters. The van der Waals surface area contributed by atoms with Gasteiger partial charge >= 0.3 is 0 Å². The maximum Gasteiger partial charge on any atom is 0.255 e. The maximum atomic E-state index is 13.3. The van der Waals surface area contributed by atoms with Crippen molar-refractivity contribution in [3.05, 3.63) is 64.1 Å². The second-order valence-electron chi connectivity index (χ2n) is 5.78. The fourth-order valence-electron chi connectivity index (χ4n) is 2.74. The standard InChI is InChI=1S/C17H15BrF2N2O3S/c18-16-11-13(20)4-5-15(16)17(23)21-6-8-22(9-7-21)26(24,25)14-3-1-2-12(19)10-14/h1-5,10-11H,6-9H2. The van der Waals surface area contributed by atoms with Crippen LogP contribution in [-0.2, 0) is 10.0 Å². The van der Waals surface area contributed by atoms with E-state index in [0.29, 0.717) is 10.0 Å². The molecule has 0 aromatic heterocycles. The molecule has 0 radical (unpaired) electrons. The molecule has 5 nitrogen and oxygen atoms in total. The Morgan fingerprint density at radius 2 is 1.62 bits per heavy atom. The third kappa shape index (κ3) is 3.79. The van der Waals surface area contributed by atoms with Crippen LogP contribution in [0.3, 0.4) is 0 Å². The Bertz CT molecular complexity index is 945. The molecule has 0 aliphatic carbocycles. The van der Waals surface area contributed by atoms with Gasteiger partial charge in [-0.3, -0.25) is 4.79 Å². The second-order valence-corrected chi connectivity index (χ2v) is 8.57. The fraction of sp³-hybridized carbons (Fsp3) is 0.235. The lowest BCUT2D eigenvalue weighted by molar-refractivity contribution is 0.0697. The van der Waals surface area contributed by atoms with Gasteiger partial charge in [-0.1, -0.05) is 6.07 Å². The highest BCUT2D eigenvalue weighted by atomic mass is 79.9. The Balaban J connectivity index is 1.72. The summed E-state index contributed by atoms with van der Waals surface area (Å²) in [6.45, 7) is 0.585. The van der Waals surface area contributed by atoms with Crippen molar-refractivity contribution in [2.24, 2.45) is 0 Å². The summed E-state index contributed by atoms with van der Waals surface area (Å²) < 4.78 is 53.2. The molecule has 0 N–H and O–H groups in total. The van der Waals surface area contributed by atoms with Crippen LogP contribution in [0.4, 0.5) is 8.78 Å². The molecule has 1 heterocycles. The number of hydrogen-bond donors (Lipinski definition) is 0. The Labute approximate surface area is 158 Å². The second kappa shape index (κ2) is 7.42. The Morgan fingerprint density at radius 1 is 0.962 bits per heavy atom. The quantitative estimate of drug-likeness (QED) is 0.731. The van der Waals surface area contributed by atoms with E-state index in [1.165, 1.54) is 45.6 Å². The summed E-state index contributed by atoms with van der Waals surface area (Å²) in [6.07, 6.45) is 0. The molecule has 2 aromatic rings. The molecule has 0 unspecified atom stereocenters. The number of rotatable bonds is 3. The number of carbonyl (C=O) groups excluding carboxylic acids is 1. The minimum absolute atomic E-state index is 0.101. The first kappa shape index (κ1) is 18.9. The Kier molecular flexibility index (Phi) is 5.40. The van der Waals surface area contributed by atoms with Crippen LogP contribution in [0.5, 0.6) is 0 Å². The lowest BCUT2D eigenvalue weighted by Gasteiger charge is -2.34. The Hall–Kier alpha value is -1.84. The highest BCUT2D eigenvalue weighted by Crippen LogP contribution is 2.22. The number of hydrogen-bond acceptors (Lipinski definition) is 3. The minimum Gasteiger partial charge on any atom is -0.336 e. The molecule has 0 spiro atoms. The Morgan fingerprint density at radius 3 is 2.23 bits per heavy atom. The van der Waals surface area contributed by atoms with E-state index >= 15 is 0 Å². The van der Waals surface area contributed by atoms with Crippen LogP contribution in [0, 0.1) is 11.6 Å². The third-order valence-electron chi connectivity index (χ3n) is 4.12. The lowest BCUT2D eigenvalue weighted by Crippen LogP contribution is -2.50. The number of piperazine rings is 1. The average Bonchev–Trinajstić information content (AvgIpc) is 2.61. The molecule has 1 fully saturated rings. The number of amides is 1. The van der Waals surface area contributed by atoms with Crippen LogP contribution in [-0.4, -0.2) is 49.7 Å². The van der Waals surface area contributed by atoms with Gasteiger partial charge < -0.3 is 4.90 Å². The molecule has 1 saturated heterocycles. The molecule has 2 aromatic carbocycles. The van der Waals surface area contributed by atoms with Crippen LogP contribution >= 0.6 is 15.9 Å². The summed E-state index contributed by atoms with van der Waals surface area (Å²) in [5.41, 5.74) is 0.313. The molecule has 1 amide bonds. The molecule has 138 valence electrons. The summed E-state index contributed by atoms with van der Waals surface area (Å²) in [5.74, 6) is -1.39. The topological polar surface area (TPSA) is 57.7 Å². The van der Waals surface area contributed by atoms with Crippen molar-refractivity contribution in [2.75, 3.05) is 26.2 Å². The van der Waals surface area contributed by atoms with Gasteiger partial charge in [-0.25, -0.2) is 17.2 Å². The van der Waals surface area contributed by atoms with Crippen molar-refractivity contribution >= 4 is 31.9 Å². The molecule has 0 bridgehead atoms. The predicted molar refractivity (Wildman–Crippen MR) is 95.2 cm³/mol. The number of benzene rings is 2. The summed E-state index contributed by atoms with van der Waals surface area (Å²) in [7, 11) is -3.82. The van der Waals surface area contributed by atoms with Crippen LogP contribution in [0.1, 0.15) is 10.4 Å². The van der Waals surface area contributed by atoms with Gasteiger partial charge in [-0.2, -0.15) is 4.31 Å². The van der Waals surface area contributed by atoms with E-state index in [0.717, 1.165) is 6.07 Å².